The zero-order chi connectivity index (χ0) is 102. The number of fused-ring (bicyclic) bond motifs is 7. The molecule has 5 aliphatic heterocycles. The molecule has 13 rings (SSSR count). The molecule has 7 aromatic rings. The highest BCUT2D eigenvalue weighted by molar-refractivity contribution is 8.77. The van der Waals surface area contributed by atoms with E-state index in [2.05, 4.69) is 82.5 Å². The Kier molecular flexibility index (Phi) is 34.0. The number of carbonyl (C=O) groups is 15. The van der Waals surface area contributed by atoms with E-state index in [1.807, 2.05) is 67.0 Å². The molecule has 1 unspecified atom stereocenters. The molecule has 9 amide bonds. The third-order valence-electron chi connectivity index (χ3n) is 26.6. The van der Waals surface area contributed by atoms with Gasteiger partial charge >= 0.3 is 41.9 Å². The monoisotopic (exact) mass is 2040 g/mol. The fraction of sp³-hybridized carbons (Fsp3) is 0.473. The van der Waals surface area contributed by atoms with E-state index in [4.69, 9.17) is 19.9 Å². The van der Waals surface area contributed by atoms with Crippen LogP contribution in [0.25, 0.3) is 22.1 Å². The number of nitrogen functional groups attached to an aromatic ring is 1. The molecule has 9 heterocycles. The number of hydrazine groups is 1. The van der Waals surface area contributed by atoms with E-state index >= 15 is 9.59 Å². The molecule has 0 radical (unpaired) electrons. The molecule has 16 atom stereocenters. The number of amides is 9. The highest BCUT2D eigenvalue weighted by atomic mass is 33.1. The fourth-order valence-corrected chi connectivity index (χ4v) is 24.1. The van der Waals surface area contributed by atoms with E-state index < -0.39 is 228 Å². The first-order chi connectivity index (χ1) is 67.7. The van der Waals surface area contributed by atoms with Crippen LogP contribution in [0.4, 0.5) is 22.1 Å². The lowest BCUT2D eigenvalue weighted by atomic mass is 9.47. The number of nitrogens with two attached hydrogens (primary N) is 1. The molecule has 2 bridgehead atoms. The van der Waals surface area contributed by atoms with Gasteiger partial charge in [-0.05, 0) is 128 Å². The van der Waals surface area contributed by atoms with E-state index in [1.54, 1.807) is 42.4 Å². The van der Waals surface area contributed by atoms with Crippen molar-refractivity contribution in [3.63, 3.8) is 0 Å². The first-order valence-corrected chi connectivity index (χ1v) is 50.2. The number of ether oxygens (including phenoxy) is 3. The lowest BCUT2D eigenvalue weighted by molar-refractivity contribution is -0.204. The third-order valence-corrected chi connectivity index (χ3v) is 31.2. The van der Waals surface area contributed by atoms with Crippen molar-refractivity contribution >= 4 is 172 Å². The summed E-state index contributed by atoms with van der Waals surface area (Å²) in [5.74, 6) is -19.9. The van der Waals surface area contributed by atoms with Crippen molar-refractivity contribution in [3.05, 3.63) is 147 Å². The number of para-hydroxylation sites is 1. The number of carbonyl (C=O) groups excluding carboxylic acids is 10. The predicted molar refractivity (Wildman–Crippen MR) is 515 cm³/mol. The molecule has 1 aliphatic carbocycles. The number of pyridine rings is 1. The second-order valence-electron chi connectivity index (χ2n) is 35.4. The van der Waals surface area contributed by atoms with Gasteiger partial charge in [0.1, 0.15) is 65.2 Å². The minimum absolute atomic E-state index is 0.0162. The van der Waals surface area contributed by atoms with Crippen LogP contribution in [0, 0.1) is 11.3 Å². The average Bonchev–Trinajstić information content (AvgIpc) is 1.51. The fourth-order valence-electron chi connectivity index (χ4n) is 20.2. The van der Waals surface area contributed by atoms with E-state index in [0.29, 0.717) is 97.3 Å². The zero-order valence-corrected chi connectivity index (χ0v) is 80.8. The number of aromatic amines is 2. The summed E-state index contributed by atoms with van der Waals surface area (Å²) in [7, 11) is 8.74. The Morgan fingerprint density at radius 1 is 0.683 bits per heavy atom. The van der Waals surface area contributed by atoms with Crippen LogP contribution < -0.4 is 74.3 Å². The number of nitrogens with zero attached hydrogens (tertiary/aromatic N) is 7. The average molecular weight is 2040 g/mol. The summed E-state index contributed by atoms with van der Waals surface area (Å²) < 4.78 is 17.8. The summed E-state index contributed by atoms with van der Waals surface area (Å²) >= 11 is 0. The molecule has 51 heteroatoms. The second-order valence-corrected chi connectivity index (χ2v) is 40.5. The van der Waals surface area contributed by atoms with Gasteiger partial charge in [0, 0.05) is 138 Å². The van der Waals surface area contributed by atoms with Gasteiger partial charge in [-0.1, -0.05) is 82.6 Å². The van der Waals surface area contributed by atoms with Crippen molar-refractivity contribution in [1.82, 2.24) is 87.8 Å². The Morgan fingerprint density at radius 3 is 2.01 bits per heavy atom. The number of anilines is 3. The summed E-state index contributed by atoms with van der Waals surface area (Å²) in [6.45, 7) is 5.10. The first kappa shape index (κ1) is 106. The topological polar surface area (TPSA) is 702 Å². The van der Waals surface area contributed by atoms with Crippen LogP contribution in [-0.4, -0.2) is 320 Å². The van der Waals surface area contributed by atoms with Crippen molar-refractivity contribution in [1.29, 1.82) is 0 Å². The molecule has 4 aromatic heterocycles. The Bertz CT molecular complexity index is 6090. The predicted octanol–water partition coefficient (Wildman–Crippen LogP) is 0.545. The minimum atomic E-state index is -2.76. The number of carboxylic acid groups (broad SMARTS) is 5. The summed E-state index contributed by atoms with van der Waals surface area (Å²) in [6, 6.07) is 7.98. The zero-order valence-electron chi connectivity index (χ0n) is 77.5. The van der Waals surface area contributed by atoms with Gasteiger partial charge in [-0.2, -0.15) is 4.98 Å². The Morgan fingerprint density at radius 2 is 1.35 bits per heavy atom. The van der Waals surface area contributed by atoms with Gasteiger partial charge in [-0.15, -0.1) is 0 Å². The first-order valence-electron chi connectivity index (χ1n) is 45.4. The van der Waals surface area contributed by atoms with Gasteiger partial charge in [0.2, 0.25) is 41.4 Å². The number of likely N-dealkylation sites (N-methyl/N-ethyl adjacent to an activating group) is 1. The molecule has 1 spiro atoms. The number of rotatable bonds is 44. The van der Waals surface area contributed by atoms with Crippen molar-refractivity contribution in [2.24, 2.45) is 11.3 Å². The molecular weight excluding hydrogens is 1930 g/mol. The highest BCUT2D eigenvalue weighted by Crippen LogP contribution is 2.68. The molecule has 1 saturated carbocycles. The standard InChI is InChI=1S/C91H110N20O27S4/c1-6-87(134)38-46-39-90(84(132)137-5,70-51(22-28-110(43-46)45-87)50-13-8-9-14-54(50)99-70)53-33-52-61(37-62(53)136-4)109(3)81-89(52)25-29-111-27-12-24-88(7-2,80(89)111)82(130)91(81,135)83(131)107-108-86(133)138-30-32-139-141-44-60(79(128)129)104-76(124)59(42-95-63(112)23-31-140-142-65-15-10-11-26-93-65)103-75(123)58(36-68(118)119)102-74(122)57(35-67(116)117)101-73(121)56(34-66(114)115)98-64(113)21-20-55(78(126)127)100-72(120)47-16-18-48(19-17-47)94-40-49-41-96-71-69(97-49)77(125)106-85(92)105-71/h8-19,24,26,33,37,41,46,55-60,80-82,94,99,130,134-135H,6-7,20-23,25,27-32,34-36,38-40,42-45H2,1-5H3,(H,95,112)(H,98,113)(H,100,120)(H,101,121)(H,102,122)(H,103,123)(H,104,124)(H,107,131)(H,108,133)(H,114,115)(H,116,117)(H,118,119)(H,126,127)(H,128,129)(H3,92,96,105,106,125)/t46-,55+,56+,57+,58+,59+,60+,80+,81-,82-,87+,88-,89-,90+,91+/m1/s1. The number of H-pyrrole nitrogens is 2. The number of carboxylic acids is 5. The van der Waals surface area contributed by atoms with Crippen molar-refractivity contribution in [3.8, 4) is 5.75 Å². The Labute approximate surface area is 825 Å². The molecule has 22 N–H and O–H groups in total. The maximum absolute atomic E-state index is 15.7. The van der Waals surface area contributed by atoms with Crippen molar-refractivity contribution in [2.45, 2.75) is 179 Å². The van der Waals surface area contributed by atoms with Gasteiger partial charge in [-0.25, -0.2) is 34.8 Å². The van der Waals surface area contributed by atoms with Gasteiger partial charge in [0.15, 0.2) is 16.8 Å². The summed E-state index contributed by atoms with van der Waals surface area (Å²) in [5, 5.41) is 109. The van der Waals surface area contributed by atoms with Crippen LogP contribution in [0.15, 0.2) is 113 Å². The van der Waals surface area contributed by atoms with Gasteiger partial charge < -0.3 is 113 Å². The van der Waals surface area contributed by atoms with Crippen LogP contribution in [0.1, 0.15) is 123 Å². The number of piperidine rings is 1. The Balaban J connectivity index is 0.639. The van der Waals surface area contributed by atoms with E-state index in [9.17, 15) is 108 Å². The normalized spacial score (nSPS) is 23.1. The van der Waals surface area contributed by atoms with Crippen LogP contribution in [0.3, 0.4) is 0 Å². The minimum Gasteiger partial charge on any atom is -0.496 e. The molecule has 760 valence electrons. The molecule has 142 heavy (non-hydrogen) atoms. The van der Waals surface area contributed by atoms with Gasteiger partial charge in [-0.3, -0.25) is 82.5 Å². The number of nitrogens with one attached hydrogen (secondary N) is 12. The van der Waals surface area contributed by atoms with Crippen molar-refractivity contribution in [2.75, 3.05) is 100 Å². The summed E-state index contributed by atoms with van der Waals surface area (Å²) in [6.07, 6.45) is -0.0551. The summed E-state index contributed by atoms with van der Waals surface area (Å²) in [4.78, 5) is 245. The van der Waals surface area contributed by atoms with E-state index in [-0.39, 0.29) is 71.7 Å². The number of aliphatic carboxylic acids is 5. The molecule has 2 saturated heterocycles. The molecular formula is C91H110N20O27S4. The molecule has 3 aromatic carbocycles. The van der Waals surface area contributed by atoms with Crippen LogP contribution in [0.5, 0.6) is 5.75 Å². The van der Waals surface area contributed by atoms with Crippen LogP contribution in [0.2, 0.25) is 0 Å². The lowest BCUT2D eigenvalue weighted by Crippen LogP contribution is -2.82. The number of aliphatic hydroxyl groups excluding tert-OH is 1. The number of esters is 1. The van der Waals surface area contributed by atoms with E-state index in [0.717, 1.165) is 38.1 Å². The number of hydrogen-bond acceptors (Lipinski definition) is 35. The number of methoxy groups -OCH3 is 2. The Hall–Kier alpha value is -13.4. The quantitative estimate of drug-likeness (QED) is 0.00815. The van der Waals surface area contributed by atoms with E-state index in [1.165, 1.54) is 66.3 Å². The molecule has 47 nitrogen and oxygen atoms in total. The maximum Gasteiger partial charge on any atom is 0.426 e. The number of hydrogen-bond donors (Lipinski definition) is 21. The van der Waals surface area contributed by atoms with Crippen LogP contribution in [-0.2, 0) is 95.6 Å². The van der Waals surface area contributed by atoms with Crippen LogP contribution >= 0.6 is 43.2 Å². The third kappa shape index (κ3) is 23.2. The SMILES string of the molecule is CC[C@]1(O)C[C@H]2CN(CCc3c([nH]c4ccccc34)[C@@](C(=O)OC)(c3cc4c(cc3OC)N(C)[C@H]3[C@@](O)(C(=O)NNC(=O)OCCSSC[C@H](NC(=O)[C@H](CNC(=O)CCSSc5ccccn5)NC(=O)[C@H](CC(=O)O)NC(=O)[C@H](CC(=O)O)NC(=O)[C@H](CC(=O)O)NC(=O)CC[C@H](NC(=O)c5ccc(NCc6cnc7nc(N)[nH]c(=O)c7n6)cc5)C(=O)O)C(=O)O)[C@H](O)[C@]5(CC)C=CCN6CC[C@]43[C@@H]65)C2)C1. The van der Waals surface area contributed by atoms with Gasteiger partial charge in [0.25, 0.3) is 17.4 Å². The van der Waals surface area contributed by atoms with Crippen molar-refractivity contribution < 1.29 is 127 Å². The lowest BCUT2D eigenvalue weighted by Gasteiger charge is -2.63. The second kappa shape index (κ2) is 45.6. The number of aromatic nitrogens is 6. The summed E-state index contributed by atoms with van der Waals surface area (Å²) in [5.41, 5.74) is 6.06. The maximum atomic E-state index is 15.7. The van der Waals surface area contributed by atoms with Gasteiger partial charge in [0.05, 0.1) is 63.6 Å². The molecule has 3 fully saturated rings. The smallest absolute Gasteiger partial charge is 0.426 e. The number of benzene rings is 3. The highest BCUT2D eigenvalue weighted by Gasteiger charge is 2.79. The molecule has 6 aliphatic rings. The largest absolute Gasteiger partial charge is 0.496 e. The number of aliphatic hydroxyl groups is 3.